The van der Waals surface area contributed by atoms with Crippen molar-refractivity contribution in [2.24, 2.45) is 17.3 Å². The van der Waals surface area contributed by atoms with E-state index in [9.17, 15) is 14.5 Å². The number of aromatic carboxylic acids is 1. The SMILES string of the molecule is CC1CCC(C2=C(c3cc(C#CC(C)(C)C)sc3C(=O)O)CN([S+]([O-])C3CCOC3)CC2)CC1. The van der Waals surface area contributed by atoms with E-state index in [1.165, 1.54) is 29.8 Å². The van der Waals surface area contributed by atoms with Gasteiger partial charge in [0.1, 0.15) is 4.88 Å². The normalized spacial score (nSPS) is 27.4. The molecule has 2 unspecified atom stereocenters. The standard InChI is InChI=1S/C27H37NO4S2/c1-18-5-7-19(8-6-18)22-10-13-28(34(31)21-11-14-32-17-21)16-24(22)23-15-20(9-12-27(2,3)4)33-25(23)26(29)30/h15,18-19,21H,5-8,10-11,13-14,16-17H2,1-4H3,(H,29,30). The third kappa shape index (κ3) is 6.09. The molecule has 7 heteroatoms. The van der Waals surface area contributed by atoms with Crippen molar-refractivity contribution < 1.29 is 19.2 Å². The highest BCUT2D eigenvalue weighted by molar-refractivity contribution is 7.89. The van der Waals surface area contributed by atoms with Crippen molar-refractivity contribution in [3.63, 3.8) is 0 Å². The number of carbonyl (C=O) groups is 1. The fourth-order valence-corrected chi connectivity index (χ4v) is 7.53. The predicted molar refractivity (Wildman–Crippen MR) is 139 cm³/mol. The lowest BCUT2D eigenvalue weighted by Gasteiger charge is -2.37. The molecule has 34 heavy (non-hydrogen) atoms. The first-order valence-electron chi connectivity index (χ1n) is 12.5. The monoisotopic (exact) mass is 503 g/mol. The van der Waals surface area contributed by atoms with Crippen LogP contribution in [0, 0.1) is 29.1 Å². The molecule has 186 valence electrons. The Labute approximate surface area is 211 Å². The van der Waals surface area contributed by atoms with Gasteiger partial charge in [-0.05, 0) is 63.5 Å². The summed E-state index contributed by atoms with van der Waals surface area (Å²) in [5.74, 6) is 6.79. The molecule has 5 nitrogen and oxygen atoms in total. The van der Waals surface area contributed by atoms with Crippen molar-refractivity contribution in [2.45, 2.75) is 71.5 Å². The maximum absolute atomic E-state index is 13.3. The van der Waals surface area contributed by atoms with Gasteiger partial charge in [0.2, 0.25) is 0 Å². The number of nitrogens with zero attached hydrogens (tertiary/aromatic N) is 1. The molecule has 1 saturated heterocycles. The molecule has 2 atom stereocenters. The number of carboxylic acid groups (broad SMARTS) is 1. The van der Waals surface area contributed by atoms with Gasteiger partial charge in [-0.25, -0.2) is 4.79 Å². The zero-order chi connectivity index (χ0) is 24.5. The third-order valence-electron chi connectivity index (χ3n) is 7.10. The summed E-state index contributed by atoms with van der Waals surface area (Å²) in [6, 6.07) is 1.97. The fourth-order valence-electron chi connectivity index (χ4n) is 5.19. The maximum atomic E-state index is 13.3. The van der Waals surface area contributed by atoms with Crippen molar-refractivity contribution in [2.75, 3.05) is 26.3 Å². The van der Waals surface area contributed by atoms with Crippen LogP contribution < -0.4 is 0 Å². The van der Waals surface area contributed by atoms with Crippen LogP contribution in [-0.4, -0.2) is 51.5 Å². The number of thiophene rings is 1. The summed E-state index contributed by atoms with van der Waals surface area (Å²) in [7, 11) is 0. The van der Waals surface area contributed by atoms with Gasteiger partial charge in [-0.2, -0.15) is 0 Å². The second kappa shape index (κ2) is 10.8. The highest BCUT2D eigenvalue weighted by atomic mass is 32.2. The van der Waals surface area contributed by atoms with Crippen LogP contribution in [0.2, 0.25) is 0 Å². The van der Waals surface area contributed by atoms with E-state index in [2.05, 4.69) is 39.5 Å². The number of ether oxygens (including phenoxy) is 1. The van der Waals surface area contributed by atoms with E-state index in [0.29, 0.717) is 30.6 Å². The van der Waals surface area contributed by atoms with Gasteiger partial charge in [0.05, 0.1) is 24.6 Å². The van der Waals surface area contributed by atoms with Crippen molar-refractivity contribution in [3.8, 4) is 11.8 Å². The molecule has 0 aromatic carbocycles. The van der Waals surface area contributed by atoms with Crippen LogP contribution in [0.25, 0.3) is 5.57 Å². The van der Waals surface area contributed by atoms with Gasteiger partial charge in [0.25, 0.3) is 0 Å². The number of carboxylic acids is 1. The Morgan fingerprint density at radius 3 is 2.62 bits per heavy atom. The Kier molecular flexibility index (Phi) is 8.16. The Morgan fingerprint density at radius 1 is 1.26 bits per heavy atom. The third-order valence-corrected chi connectivity index (χ3v) is 9.90. The summed E-state index contributed by atoms with van der Waals surface area (Å²) >= 11 is 0.139. The molecule has 2 aliphatic heterocycles. The average molecular weight is 504 g/mol. The molecule has 0 bridgehead atoms. The van der Waals surface area contributed by atoms with E-state index in [0.717, 1.165) is 54.2 Å². The average Bonchev–Trinajstić information content (AvgIpc) is 3.47. The van der Waals surface area contributed by atoms with E-state index < -0.39 is 17.3 Å². The van der Waals surface area contributed by atoms with Crippen LogP contribution in [0.3, 0.4) is 0 Å². The predicted octanol–water partition coefficient (Wildman–Crippen LogP) is 5.58. The lowest BCUT2D eigenvalue weighted by Crippen LogP contribution is -2.43. The zero-order valence-electron chi connectivity index (χ0n) is 20.8. The van der Waals surface area contributed by atoms with Crippen LogP contribution in [0.1, 0.15) is 86.3 Å². The maximum Gasteiger partial charge on any atom is 0.346 e. The summed E-state index contributed by atoms with van der Waals surface area (Å²) in [4.78, 5) is 13.4. The van der Waals surface area contributed by atoms with Crippen LogP contribution in [0.4, 0.5) is 0 Å². The molecule has 3 heterocycles. The Balaban J connectivity index is 1.73. The molecule has 0 amide bonds. The Hall–Kier alpha value is -1.30. The van der Waals surface area contributed by atoms with E-state index in [4.69, 9.17) is 4.74 Å². The van der Waals surface area contributed by atoms with Crippen molar-refractivity contribution in [3.05, 3.63) is 27.0 Å². The molecular weight excluding hydrogens is 466 g/mol. The molecule has 1 aromatic rings. The summed E-state index contributed by atoms with van der Waals surface area (Å²) in [6.45, 7) is 11.0. The van der Waals surface area contributed by atoms with Crippen molar-refractivity contribution in [1.82, 2.24) is 4.31 Å². The van der Waals surface area contributed by atoms with E-state index >= 15 is 0 Å². The quantitative estimate of drug-likeness (QED) is 0.419. The fraction of sp³-hybridized carbons (Fsp3) is 0.667. The highest BCUT2D eigenvalue weighted by Crippen LogP contribution is 2.43. The van der Waals surface area contributed by atoms with Crippen LogP contribution >= 0.6 is 11.3 Å². The summed E-state index contributed by atoms with van der Waals surface area (Å²) in [5.41, 5.74) is 3.10. The summed E-state index contributed by atoms with van der Waals surface area (Å²) in [6.07, 6.45) is 6.42. The Morgan fingerprint density at radius 2 is 2.00 bits per heavy atom. The van der Waals surface area contributed by atoms with Gasteiger partial charge >= 0.3 is 5.97 Å². The topological polar surface area (TPSA) is 72.8 Å². The molecule has 4 rings (SSSR count). The molecule has 0 spiro atoms. The first kappa shape index (κ1) is 25.8. The van der Waals surface area contributed by atoms with E-state index in [1.807, 2.05) is 10.4 Å². The van der Waals surface area contributed by atoms with Crippen molar-refractivity contribution >= 4 is 34.2 Å². The highest BCUT2D eigenvalue weighted by Gasteiger charge is 2.38. The molecule has 1 aromatic heterocycles. The van der Waals surface area contributed by atoms with Crippen molar-refractivity contribution in [1.29, 1.82) is 0 Å². The van der Waals surface area contributed by atoms with Gasteiger partial charge in [-0.15, -0.1) is 15.6 Å². The Bertz CT molecular complexity index is 982. The molecule has 1 aliphatic carbocycles. The molecule has 3 aliphatic rings. The lowest BCUT2D eigenvalue weighted by atomic mass is 9.75. The number of hydrogen-bond acceptors (Lipinski definition) is 5. The minimum atomic E-state index is -1.13. The zero-order valence-corrected chi connectivity index (χ0v) is 22.4. The van der Waals surface area contributed by atoms with Crippen LogP contribution in [-0.2, 0) is 16.1 Å². The van der Waals surface area contributed by atoms with Gasteiger partial charge in [-0.3, -0.25) is 0 Å². The van der Waals surface area contributed by atoms with Gasteiger partial charge < -0.3 is 14.4 Å². The number of rotatable bonds is 5. The van der Waals surface area contributed by atoms with Crippen LogP contribution in [0.5, 0.6) is 0 Å². The summed E-state index contributed by atoms with van der Waals surface area (Å²) in [5, 5.41) is 10.1. The largest absolute Gasteiger partial charge is 0.598 e. The first-order valence-corrected chi connectivity index (χ1v) is 14.5. The minimum Gasteiger partial charge on any atom is -0.598 e. The first-order chi connectivity index (χ1) is 16.1. The minimum absolute atomic E-state index is 0.0352. The molecule has 1 N–H and O–H groups in total. The lowest BCUT2D eigenvalue weighted by molar-refractivity contribution is 0.0702. The molecule has 2 fully saturated rings. The second-order valence-electron chi connectivity index (χ2n) is 11.0. The number of hydrogen-bond donors (Lipinski definition) is 1. The molecular formula is C27H37NO4S2. The van der Waals surface area contributed by atoms with E-state index in [-0.39, 0.29) is 10.7 Å². The second-order valence-corrected chi connectivity index (χ2v) is 13.8. The van der Waals surface area contributed by atoms with Crippen LogP contribution in [0.15, 0.2) is 11.6 Å². The van der Waals surface area contributed by atoms with Gasteiger partial charge in [0, 0.05) is 35.3 Å². The van der Waals surface area contributed by atoms with E-state index in [1.54, 1.807) is 0 Å². The van der Waals surface area contributed by atoms with Gasteiger partial charge in [-0.1, -0.05) is 37.2 Å². The smallest absolute Gasteiger partial charge is 0.346 e. The van der Waals surface area contributed by atoms with Gasteiger partial charge in [0.15, 0.2) is 5.25 Å². The summed E-state index contributed by atoms with van der Waals surface area (Å²) < 4.78 is 20.9. The molecule has 1 saturated carbocycles. The molecule has 0 radical (unpaired) electrons.